The molecule has 10 heteroatoms. The minimum absolute atomic E-state index is 0.0108. The Hall–Kier alpha value is -3.66. The third-order valence-electron chi connectivity index (χ3n) is 8.29. The molecule has 4 aromatic rings. The average Bonchev–Trinajstić information content (AvgIpc) is 3.33. The van der Waals surface area contributed by atoms with Crippen molar-refractivity contribution in [1.82, 2.24) is 18.9 Å². The number of carbonyl (C=O) groups is 1. The Bertz CT molecular complexity index is 1680. The number of esters is 1. The predicted molar refractivity (Wildman–Crippen MR) is 150 cm³/mol. The van der Waals surface area contributed by atoms with Gasteiger partial charge in [-0.05, 0) is 62.8 Å². The van der Waals surface area contributed by atoms with Crippen LogP contribution in [0.5, 0.6) is 0 Å². The van der Waals surface area contributed by atoms with Gasteiger partial charge in [-0.25, -0.2) is 31.7 Å². The molecule has 0 bridgehead atoms. The van der Waals surface area contributed by atoms with E-state index in [1.54, 1.807) is 30.5 Å². The summed E-state index contributed by atoms with van der Waals surface area (Å²) in [5, 5.41) is 0.332. The van der Waals surface area contributed by atoms with E-state index in [1.807, 2.05) is 20.8 Å². The Kier molecular flexibility index (Phi) is 7.48. The number of pyridine rings is 1. The van der Waals surface area contributed by atoms with Gasteiger partial charge in [0.05, 0.1) is 29.3 Å². The summed E-state index contributed by atoms with van der Waals surface area (Å²) in [4.78, 5) is 26.6. The van der Waals surface area contributed by atoms with Crippen molar-refractivity contribution < 1.29 is 22.3 Å². The number of aromatic nitrogens is 4. The van der Waals surface area contributed by atoms with Crippen LogP contribution in [0, 0.1) is 31.0 Å². The largest absolute Gasteiger partial charge is 0.469 e. The van der Waals surface area contributed by atoms with E-state index in [4.69, 9.17) is 9.72 Å². The van der Waals surface area contributed by atoms with Crippen molar-refractivity contribution in [1.29, 1.82) is 0 Å². The van der Waals surface area contributed by atoms with Crippen molar-refractivity contribution in [3.05, 3.63) is 71.7 Å². The topological polar surface area (TPSA) is 104 Å². The molecule has 1 unspecified atom stereocenters. The predicted octanol–water partition coefficient (Wildman–Crippen LogP) is 5.79. The second kappa shape index (κ2) is 10.7. The summed E-state index contributed by atoms with van der Waals surface area (Å²) in [5.74, 6) is -0.227. The maximum atomic E-state index is 14.4. The summed E-state index contributed by atoms with van der Waals surface area (Å²) >= 11 is 0. The molecule has 0 spiro atoms. The molecule has 1 fully saturated rings. The second-order valence-electron chi connectivity index (χ2n) is 10.6. The van der Waals surface area contributed by atoms with E-state index >= 15 is 0 Å². The number of ether oxygens (including phenoxy) is 1. The third kappa shape index (κ3) is 4.78. The molecule has 1 saturated carbocycles. The van der Waals surface area contributed by atoms with Crippen LogP contribution in [0.15, 0.2) is 53.8 Å². The van der Waals surface area contributed by atoms with E-state index in [2.05, 4.69) is 9.97 Å². The third-order valence-corrected chi connectivity index (χ3v) is 9.96. The fourth-order valence-electron chi connectivity index (χ4n) is 6.01. The Morgan fingerprint density at radius 1 is 1.15 bits per heavy atom. The molecule has 0 saturated heterocycles. The number of hydrogen-bond donors (Lipinski definition) is 0. The average molecular weight is 565 g/mol. The molecule has 0 radical (unpaired) electrons. The van der Waals surface area contributed by atoms with Gasteiger partial charge in [0.2, 0.25) is 0 Å². The first-order chi connectivity index (χ1) is 19.1. The lowest BCUT2D eigenvalue weighted by atomic mass is 9.63. The van der Waals surface area contributed by atoms with Crippen molar-refractivity contribution in [2.45, 2.75) is 64.2 Å². The number of halogens is 1. The van der Waals surface area contributed by atoms with Gasteiger partial charge in [0.25, 0.3) is 10.0 Å². The lowest BCUT2D eigenvalue weighted by Gasteiger charge is -2.41. The number of nitrogens with zero attached hydrogens (tertiary/aromatic N) is 4. The maximum Gasteiger partial charge on any atom is 0.312 e. The monoisotopic (exact) mass is 564 g/mol. The quantitative estimate of drug-likeness (QED) is 0.262. The molecule has 40 heavy (non-hydrogen) atoms. The van der Waals surface area contributed by atoms with Crippen LogP contribution >= 0.6 is 0 Å². The zero-order valence-electron chi connectivity index (χ0n) is 23.1. The first-order valence-electron chi connectivity index (χ1n) is 13.5. The molecule has 1 aliphatic carbocycles. The molecular weight excluding hydrogens is 531 g/mol. The van der Waals surface area contributed by atoms with Crippen LogP contribution in [-0.4, -0.2) is 40.4 Å². The summed E-state index contributed by atoms with van der Waals surface area (Å²) in [7, 11) is -2.59. The van der Waals surface area contributed by atoms with Gasteiger partial charge >= 0.3 is 5.97 Å². The lowest BCUT2D eigenvalue weighted by molar-refractivity contribution is -0.159. The Balaban J connectivity index is 1.61. The summed E-state index contributed by atoms with van der Waals surface area (Å²) in [6.45, 7) is 5.72. The Morgan fingerprint density at radius 2 is 1.90 bits per heavy atom. The van der Waals surface area contributed by atoms with E-state index in [0.29, 0.717) is 40.9 Å². The number of hydrogen-bond acceptors (Lipinski definition) is 7. The van der Waals surface area contributed by atoms with Crippen LogP contribution in [0.1, 0.15) is 56.0 Å². The summed E-state index contributed by atoms with van der Waals surface area (Å²) in [6, 6.07) is 7.81. The molecule has 0 aliphatic heterocycles. The fourth-order valence-corrected chi connectivity index (χ4v) is 7.33. The highest BCUT2D eigenvalue weighted by atomic mass is 32.2. The Labute approximate surface area is 233 Å². The zero-order valence-corrected chi connectivity index (χ0v) is 24.0. The molecule has 3 aromatic heterocycles. The highest BCUT2D eigenvalue weighted by Crippen LogP contribution is 2.46. The van der Waals surface area contributed by atoms with Crippen LogP contribution in [0.4, 0.5) is 4.39 Å². The number of fused-ring (bicyclic) bond motifs is 1. The number of aryl methyl sites for hydroxylation is 2. The van der Waals surface area contributed by atoms with Gasteiger partial charge in [0, 0.05) is 29.8 Å². The van der Waals surface area contributed by atoms with Crippen molar-refractivity contribution >= 4 is 27.0 Å². The first-order valence-corrected chi connectivity index (χ1v) is 14.9. The zero-order chi connectivity index (χ0) is 28.7. The van der Waals surface area contributed by atoms with Gasteiger partial charge in [0.15, 0.2) is 5.65 Å². The molecule has 8 nitrogen and oxygen atoms in total. The number of carbonyl (C=O) groups excluding carboxylic acids is 1. The fraction of sp³-hybridized carbons (Fsp3) is 0.400. The van der Waals surface area contributed by atoms with E-state index in [0.717, 1.165) is 41.4 Å². The van der Waals surface area contributed by atoms with Crippen LogP contribution in [-0.2, 0) is 26.0 Å². The van der Waals surface area contributed by atoms with Gasteiger partial charge in [-0.3, -0.25) is 4.79 Å². The highest BCUT2D eigenvalue weighted by Gasteiger charge is 2.46. The smallest absolute Gasteiger partial charge is 0.312 e. The second-order valence-corrected chi connectivity index (χ2v) is 12.5. The molecule has 1 aromatic carbocycles. The molecule has 2 atom stereocenters. The van der Waals surface area contributed by atoms with Crippen LogP contribution in [0.2, 0.25) is 0 Å². The standard InChI is InChI=1S/C30H33FN4O4S/c1-5-30(29(36)39-4)13-7-6-8-21(30)14-26-32-16-20(3)27(34-26)25-18-35(28-24(25)15-22(31)17-33-28)40(37,38)23-11-9-19(2)10-12-23/h9-12,15-18,21H,5-8,13-14H2,1-4H3/t21?,30-/m0/s1. The molecule has 5 rings (SSSR count). The minimum atomic E-state index is -4.02. The van der Waals surface area contributed by atoms with E-state index in [1.165, 1.54) is 19.4 Å². The van der Waals surface area contributed by atoms with Gasteiger partial charge in [-0.15, -0.1) is 0 Å². The van der Waals surface area contributed by atoms with Gasteiger partial charge in [0.1, 0.15) is 11.6 Å². The molecule has 210 valence electrons. The van der Waals surface area contributed by atoms with Gasteiger partial charge < -0.3 is 4.74 Å². The van der Waals surface area contributed by atoms with Gasteiger partial charge in [-0.1, -0.05) is 37.5 Å². The van der Waals surface area contributed by atoms with Crippen molar-refractivity contribution in [3.63, 3.8) is 0 Å². The Morgan fingerprint density at radius 3 is 2.60 bits per heavy atom. The van der Waals surface area contributed by atoms with Crippen molar-refractivity contribution in [2.75, 3.05) is 7.11 Å². The van der Waals surface area contributed by atoms with E-state index in [-0.39, 0.29) is 22.4 Å². The summed E-state index contributed by atoms with van der Waals surface area (Å²) in [6.07, 6.45) is 8.89. The van der Waals surface area contributed by atoms with Crippen LogP contribution < -0.4 is 0 Å². The molecule has 0 amide bonds. The summed E-state index contributed by atoms with van der Waals surface area (Å²) in [5.41, 5.74) is 2.09. The highest BCUT2D eigenvalue weighted by molar-refractivity contribution is 7.90. The van der Waals surface area contributed by atoms with Crippen LogP contribution in [0.3, 0.4) is 0 Å². The van der Waals surface area contributed by atoms with Gasteiger partial charge in [-0.2, -0.15) is 0 Å². The number of benzene rings is 1. The molecular formula is C30H33FN4O4S. The van der Waals surface area contributed by atoms with E-state index in [9.17, 15) is 17.6 Å². The van der Waals surface area contributed by atoms with E-state index < -0.39 is 21.3 Å². The number of methoxy groups -OCH3 is 1. The normalized spacial score (nSPS) is 19.6. The summed E-state index contributed by atoms with van der Waals surface area (Å²) < 4.78 is 48.0. The molecule has 3 heterocycles. The lowest BCUT2D eigenvalue weighted by Crippen LogP contribution is -2.42. The maximum absolute atomic E-state index is 14.4. The first kappa shape index (κ1) is 27.9. The van der Waals surface area contributed by atoms with Crippen LogP contribution in [0.25, 0.3) is 22.3 Å². The van der Waals surface area contributed by atoms with Crippen molar-refractivity contribution in [2.24, 2.45) is 11.3 Å². The molecule has 1 aliphatic rings. The number of rotatable bonds is 7. The SMILES string of the molecule is CC[C@]1(C(=O)OC)CCCCC1Cc1ncc(C)c(-c2cn(S(=O)(=O)c3ccc(C)cc3)c3ncc(F)cc23)n1. The van der Waals surface area contributed by atoms with Crippen molar-refractivity contribution in [3.8, 4) is 11.3 Å². The molecule has 0 N–H and O–H groups in total. The minimum Gasteiger partial charge on any atom is -0.469 e.